The number of esters is 1. The van der Waals surface area contributed by atoms with Crippen molar-refractivity contribution in [3.05, 3.63) is 71.3 Å². The first-order valence-corrected chi connectivity index (χ1v) is 10.5. The second-order valence-corrected chi connectivity index (χ2v) is 7.79. The second-order valence-electron chi connectivity index (χ2n) is 7.79. The Morgan fingerprint density at radius 1 is 1.03 bits per heavy atom. The number of carbonyl (C=O) groups is 3. The quantitative estimate of drug-likeness (QED) is 0.449. The lowest BCUT2D eigenvalue weighted by Gasteiger charge is -2.25. The molecule has 0 spiro atoms. The zero-order valence-electron chi connectivity index (χ0n) is 17.8. The Morgan fingerprint density at radius 3 is 2.19 bits per heavy atom. The highest BCUT2D eigenvalue weighted by atomic mass is 16.5. The van der Waals surface area contributed by atoms with Crippen LogP contribution in [0.4, 0.5) is 0 Å². The van der Waals surface area contributed by atoms with Crippen molar-refractivity contribution in [3.8, 4) is 0 Å². The van der Waals surface area contributed by atoms with E-state index < -0.39 is 29.9 Å². The molecule has 7 nitrogen and oxygen atoms in total. The van der Waals surface area contributed by atoms with E-state index in [1.54, 1.807) is 24.3 Å². The molecule has 1 heterocycles. The average molecular weight is 424 g/mol. The minimum Gasteiger partial charge on any atom is -0.460 e. The molecule has 0 saturated carbocycles. The number of hydrogen-bond donors (Lipinski definition) is 2. The fourth-order valence-corrected chi connectivity index (χ4v) is 3.51. The first-order valence-electron chi connectivity index (χ1n) is 10.5. The third-order valence-corrected chi connectivity index (χ3v) is 5.54. The van der Waals surface area contributed by atoms with Gasteiger partial charge in [-0.3, -0.25) is 19.3 Å². The highest BCUT2D eigenvalue weighted by molar-refractivity contribution is 6.21. The maximum absolute atomic E-state index is 12.6. The van der Waals surface area contributed by atoms with Crippen molar-refractivity contribution in [2.24, 2.45) is 5.92 Å². The monoisotopic (exact) mass is 424 g/mol. The van der Waals surface area contributed by atoms with Crippen LogP contribution in [-0.4, -0.2) is 53.0 Å². The number of hydrogen-bond acceptors (Lipinski definition) is 6. The average Bonchev–Trinajstić information content (AvgIpc) is 3.03. The second kappa shape index (κ2) is 10.3. The molecular formula is C24H28N2O5. The molecule has 1 aliphatic rings. The van der Waals surface area contributed by atoms with Gasteiger partial charge in [0.1, 0.15) is 12.6 Å². The van der Waals surface area contributed by atoms with Crippen LogP contribution in [0.15, 0.2) is 54.6 Å². The maximum atomic E-state index is 12.6. The van der Waals surface area contributed by atoms with Crippen LogP contribution in [0.5, 0.6) is 0 Å². The topological polar surface area (TPSA) is 95.9 Å². The third-order valence-electron chi connectivity index (χ3n) is 5.54. The van der Waals surface area contributed by atoms with E-state index in [1.807, 2.05) is 44.2 Å². The minimum absolute atomic E-state index is 0.0187. The van der Waals surface area contributed by atoms with Crippen molar-refractivity contribution in [2.75, 3.05) is 13.1 Å². The SMILES string of the molecule is CC[C@H](C)[C@H](NCC(O)CN1C(=O)c2ccccc2C1=O)C(=O)OCc1ccccc1. The molecule has 2 aromatic carbocycles. The molecule has 7 heteroatoms. The van der Waals surface area contributed by atoms with E-state index in [9.17, 15) is 19.5 Å². The Hall–Kier alpha value is -3.03. The number of nitrogens with zero attached hydrogens (tertiary/aromatic N) is 1. The standard InChI is InChI=1S/C24H28N2O5/c1-3-16(2)21(24(30)31-15-17-9-5-4-6-10-17)25-13-18(27)14-26-22(28)19-11-7-8-12-20(19)23(26)29/h4-12,16,18,21,25,27H,3,13-15H2,1-2H3/t16-,18?,21-/m0/s1. The molecule has 0 aliphatic carbocycles. The molecule has 2 N–H and O–H groups in total. The number of carbonyl (C=O) groups excluding carboxylic acids is 3. The van der Waals surface area contributed by atoms with E-state index in [2.05, 4.69) is 5.32 Å². The number of imide groups is 1. The summed E-state index contributed by atoms with van der Waals surface area (Å²) in [6.45, 7) is 3.97. The summed E-state index contributed by atoms with van der Waals surface area (Å²) in [6, 6.07) is 15.4. The Morgan fingerprint density at radius 2 is 1.61 bits per heavy atom. The predicted molar refractivity (Wildman–Crippen MR) is 115 cm³/mol. The van der Waals surface area contributed by atoms with Crippen molar-refractivity contribution < 1.29 is 24.2 Å². The van der Waals surface area contributed by atoms with Gasteiger partial charge in [0.05, 0.1) is 23.8 Å². The molecule has 1 aliphatic heterocycles. The first kappa shape index (κ1) is 22.7. The number of aliphatic hydroxyl groups is 1. The molecule has 2 aromatic rings. The molecule has 1 unspecified atom stereocenters. The summed E-state index contributed by atoms with van der Waals surface area (Å²) in [5.41, 5.74) is 1.58. The zero-order chi connectivity index (χ0) is 22.4. The molecule has 164 valence electrons. The molecular weight excluding hydrogens is 396 g/mol. The van der Waals surface area contributed by atoms with E-state index in [-0.39, 0.29) is 25.6 Å². The molecule has 0 aromatic heterocycles. The van der Waals surface area contributed by atoms with Gasteiger partial charge >= 0.3 is 5.97 Å². The van der Waals surface area contributed by atoms with Crippen LogP contribution >= 0.6 is 0 Å². The number of nitrogens with one attached hydrogen (secondary N) is 1. The highest BCUT2D eigenvalue weighted by Gasteiger charge is 2.36. The molecule has 0 fully saturated rings. The third kappa shape index (κ3) is 5.37. The summed E-state index contributed by atoms with van der Waals surface area (Å²) in [6.07, 6.45) is -0.275. The van der Waals surface area contributed by atoms with Crippen LogP contribution in [0, 0.1) is 5.92 Å². The Bertz CT molecular complexity index is 896. The number of aliphatic hydroxyl groups excluding tert-OH is 1. The number of amides is 2. The van der Waals surface area contributed by atoms with E-state index in [0.717, 1.165) is 16.9 Å². The van der Waals surface area contributed by atoms with Gasteiger partial charge in [-0.25, -0.2) is 0 Å². The Balaban J connectivity index is 1.55. The first-order chi connectivity index (χ1) is 14.9. The molecule has 0 radical (unpaired) electrons. The van der Waals surface area contributed by atoms with Gasteiger partial charge in [-0.2, -0.15) is 0 Å². The number of fused-ring (bicyclic) bond motifs is 1. The van der Waals surface area contributed by atoms with Crippen molar-refractivity contribution in [2.45, 2.75) is 39.0 Å². The van der Waals surface area contributed by atoms with E-state index in [4.69, 9.17) is 4.74 Å². The molecule has 2 amide bonds. The highest BCUT2D eigenvalue weighted by Crippen LogP contribution is 2.22. The van der Waals surface area contributed by atoms with Gasteiger partial charge in [-0.05, 0) is 23.6 Å². The van der Waals surface area contributed by atoms with Gasteiger partial charge in [0.25, 0.3) is 11.8 Å². The molecule has 3 atom stereocenters. The summed E-state index contributed by atoms with van der Waals surface area (Å²) in [5.74, 6) is -1.25. The Kier molecular flexibility index (Phi) is 7.55. The van der Waals surface area contributed by atoms with Crippen molar-refractivity contribution in [3.63, 3.8) is 0 Å². The van der Waals surface area contributed by atoms with Crippen molar-refractivity contribution in [1.29, 1.82) is 0 Å². The number of ether oxygens (including phenoxy) is 1. The lowest BCUT2D eigenvalue weighted by atomic mass is 9.99. The van der Waals surface area contributed by atoms with E-state index in [0.29, 0.717) is 11.1 Å². The lowest BCUT2D eigenvalue weighted by Crippen LogP contribution is -2.48. The van der Waals surface area contributed by atoms with Crippen LogP contribution in [0.25, 0.3) is 0 Å². The molecule has 31 heavy (non-hydrogen) atoms. The zero-order valence-corrected chi connectivity index (χ0v) is 17.8. The van der Waals surface area contributed by atoms with Gasteiger partial charge in [-0.1, -0.05) is 62.7 Å². The van der Waals surface area contributed by atoms with Crippen molar-refractivity contribution in [1.82, 2.24) is 10.2 Å². The summed E-state index contributed by atoms with van der Waals surface area (Å²) in [4.78, 5) is 38.6. The fourth-order valence-electron chi connectivity index (χ4n) is 3.51. The molecule has 0 bridgehead atoms. The molecule has 3 rings (SSSR count). The predicted octanol–water partition coefficient (Wildman–Crippen LogP) is 2.39. The van der Waals surface area contributed by atoms with Crippen LogP contribution in [-0.2, 0) is 16.1 Å². The van der Waals surface area contributed by atoms with Gasteiger partial charge in [0, 0.05) is 6.54 Å². The molecule has 0 saturated heterocycles. The summed E-state index contributed by atoms with van der Waals surface area (Å²) in [5, 5.41) is 13.5. The largest absolute Gasteiger partial charge is 0.460 e. The maximum Gasteiger partial charge on any atom is 0.323 e. The summed E-state index contributed by atoms with van der Waals surface area (Å²) >= 11 is 0. The van der Waals surface area contributed by atoms with Crippen LogP contribution in [0.2, 0.25) is 0 Å². The fraction of sp³-hybridized carbons (Fsp3) is 0.375. The van der Waals surface area contributed by atoms with E-state index >= 15 is 0 Å². The summed E-state index contributed by atoms with van der Waals surface area (Å²) < 4.78 is 5.45. The van der Waals surface area contributed by atoms with Gasteiger partial charge in [0.2, 0.25) is 0 Å². The van der Waals surface area contributed by atoms with Gasteiger partial charge in [-0.15, -0.1) is 0 Å². The van der Waals surface area contributed by atoms with Gasteiger partial charge in [0.15, 0.2) is 0 Å². The number of rotatable bonds is 10. The van der Waals surface area contributed by atoms with E-state index in [1.165, 1.54) is 0 Å². The van der Waals surface area contributed by atoms with Crippen LogP contribution < -0.4 is 5.32 Å². The lowest BCUT2D eigenvalue weighted by molar-refractivity contribution is -0.149. The van der Waals surface area contributed by atoms with Crippen LogP contribution in [0.3, 0.4) is 0 Å². The summed E-state index contributed by atoms with van der Waals surface area (Å²) in [7, 11) is 0. The number of β-amino-alcohol motifs (C(OH)–C–C–N with tert-alkyl or cyclic N) is 1. The normalized spacial score (nSPS) is 16.0. The minimum atomic E-state index is -1.02. The van der Waals surface area contributed by atoms with Gasteiger partial charge < -0.3 is 15.2 Å². The van der Waals surface area contributed by atoms with Crippen molar-refractivity contribution >= 4 is 17.8 Å². The smallest absolute Gasteiger partial charge is 0.323 e. The van der Waals surface area contributed by atoms with Crippen LogP contribution in [0.1, 0.15) is 46.5 Å². The Labute approximate surface area is 182 Å². The number of benzene rings is 2.